The van der Waals surface area contributed by atoms with Gasteiger partial charge in [0, 0.05) is 33.1 Å². The van der Waals surface area contributed by atoms with Gasteiger partial charge in [0.1, 0.15) is 0 Å². The zero-order valence-electron chi connectivity index (χ0n) is 10.9. The van der Waals surface area contributed by atoms with Gasteiger partial charge in [-0.25, -0.2) is 0 Å². The van der Waals surface area contributed by atoms with E-state index in [9.17, 15) is 14.4 Å². The van der Waals surface area contributed by atoms with Crippen molar-refractivity contribution in [1.29, 1.82) is 0 Å². The van der Waals surface area contributed by atoms with Crippen molar-refractivity contribution in [1.82, 2.24) is 9.80 Å². The fraction of sp³-hybridized carbons (Fsp3) is 0.750. The van der Waals surface area contributed by atoms with Gasteiger partial charge in [-0.2, -0.15) is 0 Å². The Labute approximate surface area is 107 Å². The molecule has 6 heteroatoms. The first-order chi connectivity index (χ1) is 8.57. The van der Waals surface area contributed by atoms with Gasteiger partial charge in [0.05, 0.1) is 0 Å². The van der Waals surface area contributed by atoms with Crippen LogP contribution in [-0.2, 0) is 14.4 Å². The molecule has 1 rings (SSSR count). The lowest BCUT2D eigenvalue weighted by Crippen LogP contribution is -2.48. The lowest BCUT2D eigenvalue weighted by molar-refractivity contribution is -0.156. The smallest absolute Gasteiger partial charge is 0.318 e. The van der Waals surface area contributed by atoms with Gasteiger partial charge >= 0.3 is 11.8 Å². The number of nitrogens with two attached hydrogens (primary N) is 1. The molecule has 1 heterocycles. The highest BCUT2D eigenvalue weighted by Gasteiger charge is 2.29. The van der Waals surface area contributed by atoms with E-state index >= 15 is 0 Å². The van der Waals surface area contributed by atoms with E-state index in [-0.39, 0.29) is 13.1 Å². The Kier molecular flexibility index (Phi) is 5.77. The third-order valence-corrected chi connectivity index (χ3v) is 3.05. The highest BCUT2D eigenvalue weighted by molar-refractivity contribution is 6.37. The average molecular weight is 255 g/mol. The molecule has 102 valence electrons. The zero-order chi connectivity index (χ0) is 13.5. The van der Waals surface area contributed by atoms with Gasteiger partial charge < -0.3 is 10.6 Å². The van der Waals surface area contributed by atoms with Crippen molar-refractivity contribution in [2.75, 3.05) is 26.2 Å². The van der Waals surface area contributed by atoms with Crippen LogP contribution in [0.2, 0.25) is 0 Å². The van der Waals surface area contributed by atoms with Crippen LogP contribution in [0.15, 0.2) is 0 Å². The van der Waals surface area contributed by atoms with Crippen LogP contribution in [0.1, 0.15) is 32.6 Å². The van der Waals surface area contributed by atoms with E-state index in [1.54, 1.807) is 4.90 Å². The summed E-state index contributed by atoms with van der Waals surface area (Å²) < 4.78 is 0. The van der Waals surface area contributed by atoms with Gasteiger partial charge in [-0.1, -0.05) is 12.8 Å². The second-order valence-corrected chi connectivity index (χ2v) is 4.47. The zero-order valence-corrected chi connectivity index (χ0v) is 10.9. The van der Waals surface area contributed by atoms with E-state index < -0.39 is 17.7 Å². The largest absolute Gasteiger partial charge is 0.334 e. The van der Waals surface area contributed by atoms with Crippen LogP contribution in [0.5, 0.6) is 0 Å². The first kappa shape index (κ1) is 14.6. The molecule has 0 unspecified atom stereocenters. The predicted molar refractivity (Wildman–Crippen MR) is 66.5 cm³/mol. The maximum atomic E-state index is 12.0. The number of hydrogen-bond acceptors (Lipinski definition) is 4. The van der Waals surface area contributed by atoms with E-state index in [2.05, 4.69) is 0 Å². The third kappa shape index (κ3) is 3.80. The summed E-state index contributed by atoms with van der Waals surface area (Å²) in [6.07, 6.45) is 3.99. The summed E-state index contributed by atoms with van der Waals surface area (Å²) in [5.41, 5.74) is 5.34. The summed E-state index contributed by atoms with van der Waals surface area (Å²) >= 11 is 0. The lowest BCUT2D eigenvalue weighted by Gasteiger charge is -2.23. The minimum Gasteiger partial charge on any atom is -0.334 e. The molecular weight excluding hydrogens is 234 g/mol. The molecule has 6 nitrogen and oxygen atoms in total. The number of likely N-dealkylation sites (tertiary alicyclic amines) is 1. The van der Waals surface area contributed by atoms with Gasteiger partial charge in [-0.3, -0.25) is 19.3 Å². The number of imide groups is 1. The first-order valence-corrected chi connectivity index (χ1v) is 6.39. The summed E-state index contributed by atoms with van der Waals surface area (Å²) in [5.74, 6) is -1.77. The fourth-order valence-electron chi connectivity index (χ4n) is 2.06. The number of rotatable bonds is 2. The minimum absolute atomic E-state index is 0.0910. The van der Waals surface area contributed by atoms with Crippen molar-refractivity contribution >= 4 is 17.7 Å². The molecule has 1 aliphatic heterocycles. The monoisotopic (exact) mass is 255 g/mol. The summed E-state index contributed by atoms with van der Waals surface area (Å²) in [6, 6.07) is 0. The minimum atomic E-state index is -0.755. The highest BCUT2D eigenvalue weighted by atomic mass is 16.2. The molecule has 1 fully saturated rings. The fourth-order valence-corrected chi connectivity index (χ4v) is 2.06. The van der Waals surface area contributed by atoms with Crippen LogP contribution < -0.4 is 5.73 Å². The maximum Gasteiger partial charge on any atom is 0.318 e. The topological polar surface area (TPSA) is 83.7 Å². The molecule has 0 atom stereocenters. The molecular formula is C12H21N3O3. The first-order valence-electron chi connectivity index (χ1n) is 6.39. The van der Waals surface area contributed by atoms with Gasteiger partial charge in [0.2, 0.25) is 5.91 Å². The highest BCUT2D eigenvalue weighted by Crippen LogP contribution is 2.10. The Hall–Kier alpha value is -1.43. The molecule has 1 saturated heterocycles. The summed E-state index contributed by atoms with van der Waals surface area (Å²) in [4.78, 5) is 37.7. The Bertz CT molecular complexity index is 323. The Morgan fingerprint density at radius 2 is 1.67 bits per heavy atom. The molecule has 0 spiro atoms. The number of nitrogens with zero attached hydrogens (tertiary/aromatic N) is 2. The predicted octanol–water partition coefficient (Wildman–Crippen LogP) is -0.277. The Balaban J connectivity index is 2.68. The number of carbonyl (C=O) groups is 3. The Morgan fingerprint density at radius 1 is 1.11 bits per heavy atom. The molecule has 0 radical (unpaired) electrons. The molecule has 0 aliphatic carbocycles. The molecule has 3 amide bonds. The molecule has 18 heavy (non-hydrogen) atoms. The second-order valence-electron chi connectivity index (χ2n) is 4.47. The van der Waals surface area contributed by atoms with Gasteiger partial charge in [0.15, 0.2) is 0 Å². The van der Waals surface area contributed by atoms with Gasteiger partial charge in [-0.15, -0.1) is 0 Å². The van der Waals surface area contributed by atoms with Crippen LogP contribution >= 0.6 is 0 Å². The van der Waals surface area contributed by atoms with E-state index in [4.69, 9.17) is 5.73 Å². The molecule has 0 saturated carbocycles. The van der Waals surface area contributed by atoms with E-state index in [1.165, 1.54) is 6.92 Å². The van der Waals surface area contributed by atoms with Crippen molar-refractivity contribution in [3.8, 4) is 0 Å². The number of hydrogen-bond donors (Lipinski definition) is 1. The van der Waals surface area contributed by atoms with Gasteiger partial charge in [0.25, 0.3) is 0 Å². The van der Waals surface area contributed by atoms with Crippen LogP contribution in [0.3, 0.4) is 0 Å². The number of carbonyl (C=O) groups excluding carboxylic acids is 3. The molecule has 0 bridgehead atoms. The van der Waals surface area contributed by atoms with E-state index in [1.807, 2.05) is 0 Å². The molecule has 2 N–H and O–H groups in total. The van der Waals surface area contributed by atoms with Crippen LogP contribution in [0, 0.1) is 0 Å². The second kappa shape index (κ2) is 7.10. The van der Waals surface area contributed by atoms with Crippen molar-refractivity contribution in [3.63, 3.8) is 0 Å². The van der Waals surface area contributed by atoms with Crippen molar-refractivity contribution in [3.05, 3.63) is 0 Å². The molecule has 0 aromatic rings. The summed E-state index contributed by atoms with van der Waals surface area (Å²) in [5, 5.41) is 0. The lowest BCUT2D eigenvalue weighted by atomic mass is 10.2. The van der Waals surface area contributed by atoms with Crippen molar-refractivity contribution < 1.29 is 14.4 Å². The van der Waals surface area contributed by atoms with Crippen LogP contribution in [0.4, 0.5) is 0 Å². The summed E-state index contributed by atoms with van der Waals surface area (Å²) in [7, 11) is 0. The van der Waals surface area contributed by atoms with Crippen molar-refractivity contribution in [2.24, 2.45) is 5.73 Å². The maximum absolute atomic E-state index is 12.0. The van der Waals surface area contributed by atoms with Crippen molar-refractivity contribution in [2.45, 2.75) is 32.6 Å². The molecule has 0 aromatic carbocycles. The van der Waals surface area contributed by atoms with Crippen LogP contribution in [-0.4, -0.2) is 53.7 Å². The normalized spacial score (nSPS) is 16.0. The standard InChI is InChI=1S/C12H21N3O3/c1-10(16)15(9-6-13)12(18)11(17)14-7-4-2-3-5-8-14/h2-9,13H2,1H3. The summed E-state index contributed by atoms with van der Waals surface area (Å²) in [6.45, 7) is 2.72. The van der Waals surface area contributed by atoms with E-state index in [0.717, 1.165) is 30.6 Å². The van der Waals surface area contributed by atoms with Crippen LogP contribution in [0.25, 0.3) is 0 Å². The molecule has 1 aliphatic rings. The quantitative estimate of drug-likeness (QED) is 0.688. The third-order valence-electron chi connectivity index (χ3n) is 3.05. The van der Waals surface area contributed by atoms with E-state index in [0.29, 0.717) is 13.1 Å². The SMILES string of the molecule is CC(=O)N(CCN)C(=O)C(=O)N1CCCCCC1. The van der Waals surface area contributed by atoms with Gasteiger partial charge in [-0.05, 0) is 12.8 Å². The number of amides is 3. The average Bonchev–Trinajstić information content (AvgIpc) is 2.62. The Morgan fingerprint density at radius 3 is 2.11 bits per heavy atom. The molecule has 0 aromatic heterocycles.